The summed E-state index contributed by atoms with van der Waals surface area (Å²) in [6, 6.07) is 5.87. The van der Waals surface area contributed by atoms with Crippen LogP contribution in [0.5, 0.6) is 11.5 Å². The Kier molecular flexibility index (Phi) is 8.56. The molecule has 1 aromatic rings. The van der Waals surface area contributed by atoms with E-state index in [1.54, 1.807) is 6.08 Å². The van der Waals surface area contributed by atoms with Gasteiger partial charge in [0.15, 0.2) is 11.5 Å². The third kappa shape index (κ3) is 6.11. The van der Waals surface area contributed by atoms with Crippen LogP contribution >= 0.6 is 0 Å². The maximum Gasteiger partial charge on any atom is 0.161 e. The maximum absolute atomic E-state index is 8.83. The predicted molar refractivity (Wildman–Crippen MR) is 83.4 cm³/mol. The molecule has 0 unspecified atom stereocenters. The van der Waals surface area contributed by atoms with E-state index in [-0.39, 0.29) is 6.61 Å². The zero-order valence-corrected chi connectivity index (χ0v) is 12.6. The van der Waals surface area contributed by atoms with Gasteiger partial charge in [-0.25, -0.2) is 0 Å². The largest absolute Gasteiger partial charge is 0.490 e. The van der Waals surface area contributed by atoms with Crippen molar-refractivity contribution < 1.29 is 14.6 Å². The normalized spacial score (nSPS) is 10.9. The summed E-state index contributed by atoms with van der Waals surface area (Å²) in [6.07, 6.45) is 7.89. The SMILES string of the molecule is CCCCOc1ccc(/C=C/CO)cc1OCCCC. The van der Waals surface area contributed by atoms with Crippen molar-refractivity contribution in [2.75, 3.05) is 19.8 Å². The van der Waals surface area contributed by atoms with E-state index < -0.39 is 0 Å². The second-order valence-corrected chi connectivity index (χ2v) is 4.70. The summed E-state index contributed by atoms with van der Waals surface area (Å²) in [4.78, 5) is 0. The molecule has 1 aromatic carbocycles. The van der Waals surface area contributed by atoms with Crippen LogP contribution in [0, 0.1) is 0 Å². The number of ether oxygens (including phenoxy) is 2. The van der Waals surface area contributed by atoms with Crippen LogP contribution in [0.1, 0.15) is 45.1 Å². The van der Waals surface area contributed by atoms with E-state index in [2.05, 4.69) is 13.8 Å². The molecular formula is C17H26O3. The zero-order chi connectivity index (χ0) is 14.6. The van der Waals surface area contributed by atoms with Gasteiger partial charge in [0.05, 0.1) is 19.8 Å². The van der Waals surface area contributed by atoms with Gasteiger partial charge in [0.2, 0.25) is 0 Å². The molecule has 0 bridgehead atoms. The Bertz CT molecular complexity index is 399. The average molecular weight is 278 g/mol. The smallest absolute Gasteiger partial charge is 0.161 e. The fourth-order valence-corrected chi connectivity index (χ4v) is 1.70. The van der Waals surface area contributed by atoms with Crippen LogP contribution in [0.15, 0.2) is 24.3 Å². The summed E-state index contributed by atoms with van der Waals surface area (Å²) in [6.45, 7) is 5.74. The minimum Gasteiger partial charge on any atom is -0.490 e. The first kappa shape index (κ1) is 16.6. The van der Waals surface area contributed by atoms with Gasteiger partial charge in [-0.05, 0) is 30.5 Å². The summed E-state index contributed by atoms with van der Waals surface area (Å²) < 4.78 is 11.6. The Morgan fingerprint density at radius 1 is 1.00 bits per heavy atom. The summed E-state index contributed by atoms with van der Waals surface area (Å²) in [5.41, 5.74) is 1.01. The van der Waals surface area contributed by atoms with E-state index in [1.165, 1.54) is 0 Å². The number of aliphatic hydroxyl groups is 1. The monoisotopic (exact) mass is 278 g/mol. The first-order valence-electron chi connectivity index (χ1n) is 7.48. The molecule has 3 nitrogen and oxygen atoms in total. The molecule has 0 atom stereocenters. The Morgan fingerprint density at radius 3 is 2.25 bits per heavy atom. The molecule has 0 aliphatic heterocycles. The third-order valence-corrected chi connectivity index (χ3v) is 2.89. The summed E-state index contributed by atoms with van der Waals surface area (Å²) in [5, 5.41) is 8.83. The standard InChI is InChI=1S/C17H26O3/c1-3-5-12-19-16-10-9-15(8-7-11-18)14-17(16)20-13-6-4-2/h7-10,14,18H,3-6,11-13H2,1-2H3/b8-7+. The molecule has 0 fully saturated rings. The van der Waals surface area contributed by atoms with Crippen LogP contribution in [0.3, 0.4) is 0 Å². The van der Waals surface area contributed by atoms with Gasteiger partial charge in [0, 0.05) is 0 Å². The summed E-state index contributed by atoms with van der Waals surface area (Å²) >= 11 is 0. The number of benzene rings is 1. The Hall–Kier alpha value is -1.48. The van der Waals surface area contributed by atoms with Gasteiger partial charge < -0.3 is 14.6 Å². The number of unbranched alkanes of at least 4 members (excludes halogenated alkanes) is 2. The van der Waals surface area contributed by atoms with Crippen LogP contribution in [-0.4, -0.2) is 24.9 Å². The van der Waals surface area contributed by atoms with Crippen LogP contribution in [-0.2, 0) is 0 Å². The Labute approximate surface area is 122 Å². The lowest BCUT2D eigenvalue weighted by molar-refractivity contribution is 0.262. The molecule has 0 saturated carbocycles. The molecule has 1 rings (SSSR count). The van der Waals surface area contributed by atoms with Crippen molar-refractivity contribution in [1.29, 1.82) is 0 Å². The van der Waals surface area contributed by atoms with Crippen LogP contribution in [0.4, 0.5) is 0 Å². The highest BCUT2D eigenvalue weighted by molar-refractivity contribution is 5.55. The molecule has 0 radical (unpaired) electrons. The predicted octanol–water partition coefficient (Wildman–Crippen LogP) is 4.05. The third-order valence-electron chi connectivity index (χ3n) is 2.89. The fourth-order valence-electron chi connectivity index (χ4n) is 1.70. The highest BCUT2D eigenvalue weighted by Crippen LogP contribution is 2.29. The second-order valence-electron chi connectivity index (χ2n) is 4.70. The van der Waals surface area contributed by atoms with Crippen molar-refractivity contribution in [1.82, 2.24) is 0 Å². The van der Waals surface area contributed by atoms with Gasteiger partial charge in [-0.15, -0.1) is 0 Å². The Balaban J connectivity index is 2.76. The number of hydrogen-bond donors (Lipinski definition) is 1. The number of hydrogen-bond acceptors (Lipinski definition) is 3. The van der Waals surface area contributed by atoms with Crippen LogP contribution < -0.4 is 9.47 Å². The average Bonchev–Trinajstić information content (AvgIpc) is 2.47. The molecule has 0 aliphatic carbocycles. The molecular weight excluding hydrogens is 252 g/mol. The van der Waals surface area contributed by atoms with Gasteiger partial charge >= 0.3 is 0 Å². The molecule has 0 saturated heterocycles. The Morgan fingerprint density at radius 2 is 1.65 bits per heavy atom. The van der Waals surface area contributed by atoms with Crippen LogP contribution in [0.25, 0.3) is 6.08 Å². The van der Waals surface area contributed by atoms with Gasteiger partial charge in [0.25, 0.3) is 0 Å². The molecule has 0 spiro atoms. The van der Waals surface area contributed by atoms with Crippen molar-refractivity contribution >= 4 is 6.08 Å². The van der Waals surface area contributed by atoms with Crippen molar-refractivity contribution in [3.05, 3.63) is 29.8 Å². The molecule has 0 amide bonds. The topological polar surface area (TPSA) is 38.7 Å². The van der Waals surface area contributed by atoms with Crippen molar-refractivity contribution in [2.24, 2.45) is 0 Å². The van der Waals surface area contributed by atoms with E-state index in [1.807, 2.05) is 24.3 Å². The number of aliphatic hydroxyl groups excluding tert-OH is 1. The van der Waals surface area contributed by atoms with Crippen molar-refractivity contribution in [3.63, 3.8) is 0 Å². The minimum atomic E-state index is 0.0424. The van der Waals surface area contributed by atoms with Crippen molar-refractivity contribution in [2.45, 2.75) is 39.5 Å². The highest BCUT2D eigenvalue weighted by atomic mass is 16.5. The van der Waals surface area contributed by atoms with Gasteiger partial charge in [-0.2, -0.15) is 0 Å². The van der Waals surface area contributed by atoms with Gasteiger partial charge in [-0.3, -0.25) is 0 Å². The maximum atomic E-state index is 8.83. The van der Waals surface area contributed by atoms with Crippen LogP contribution in [0.2, 0.25) is 0 Å². The van der Waals surface area contributed by atoms with E-state index in [0.29, 0.717) is 13.2 Å². The van der Waals surface area contributed by atoms with E-state index >= 15 is 0 Å². The molecule has 112 valence electrons. The van der Waals surface area contributed by atoms with E-state index in [4.69, 9.17) is 14.6 Å². The lowest BCUT2D eigenvalue weighted by Crippen LogP contribution is -2.02. The lowest BCUT2D eigenvalue weighted by Gasteiger charge is -2.13. The summed E-state index contributed by atoms with van der Waals surface area (Å²) in [5.74, 6) is 1.59. The lowest BCUT2D eigenvalue weighted by atomic mass is 10.2. The van der Waals surface area contributed by atoms with E-state index in [9.17, 15) is 0 Å². The van der Waals surface area contributed by atoms with Gasteiger partial charge in [0.1, 0.15) is 0 Å². The molecule has 0 aliphatic rings. The van der Waals surface area contributed by atoms with E-state index in [0.717, 1.165) is 42.7 Å². The zero-order valence-electron chi connectivity index (χ0n) is 12.6. The molecule has 20 heavy (non-hydrogen) atoms. The first-order valence-corrected chi connectivity index (χ1v) is 7.48. The molecule has 0 heterocycles. The summed E-state index contributed by atoms with van der Waals surface area (Å²) in [7, 11) is 0. The molecule has 1 N–H and O–H groups in total. The fraction of sp³-hybridized carbons (Fsp3) is 0.529. The highest BCUT2D eigenvalue weighted by Gasteiger charge is 2.06. The quantitative estimate of drug-likeness (QED) is 0.656. The first-order chi connectivity index (χ1) is 9.81. The minimum absolute atomic E-state index is 0.0424. The second kappa shape index (κ2) is 10.3. The van der Waals surface area contributed by atoms with Crippen molar-refractivity contribution in [3.8, 4) is 11.5 Å². The molecule has 0 aromatic heterocycles. The van der Waals surface area contributed by atoms with Gasteiger partial charge in [-0.1, -0.05) is 44.9 Å². The molecule has 3 heteroatoms. The number of rotatable bonds is 10.